The molecule has 0 atom stereocenters. The molecule has 1 aliphatic heterocycles. The van der Waals surface area contributed by atoms with Gasteiger partial charge in [-0.2, -0.15) is 0 Å². The predicted octanol–water partition coefficient (Wildman–Crippen LogP) is 0.964. The number of unbranched alkanes of at least 4 members (excludes halogenated alkanes) is 3. The van der Waals surface area contributed by atoms with E-state index in [1.807, 2.05) is 0 Å². The van der Waals surface area contributed by atoms with Gasteiger partial charge in [-0.3, -0.25) is 24.2 Å². The van der Waals surface area contributed by atoms with Gasteiger partial charge in [-0.15, -0.1) is 0 Å². The minimum atomic E-state index is -0.603. The Morgan fingerprint density at radius 2 is 1.92 bits per heavy atom. The van der Waals surface area contributed by atoms with E-state index < -0.39 is 11.2 Å². The molecule has 0 radical (unpaired) electrons. The molecule has 26 heavy (non-hydrogen) atoms. The van der Waals surface area contributed by atoms with Gasteiger partial charge in [0.05, 0.1) is 13.2 Å². The SMILES string of the molecule is CCCCCCn1c(O)c(C=NCCCN2CCOCC2)c(=O)[nH]c1=O. The van der Waals surface area contributed by atoms with Crippen LogP contribution in [0.25, 0.3) is 0 Å². The van der Waals surface area contributed by atoms with E-state index in [0.717, 1.165) is 65.0 Å². The molecule has 0 aromatic carbocycles. The Balaban J connectivity index is 1.92. The van der Waals surface area contributed by atoms with Crippen LogP contribution < -0.4 is 11.2 Å². The summed E-state index contributed by atoms with van der Waals surface area (Å²) in [4.78, 5) is 32.7. The van der Waals surface area contributed by atoms with Gasteiger partial charge in [0.15, 0.2) is 0 Å². The Hall–Kier alpha value is -1.93. The molecule has 1 fully saturated rings. The van der Waals surface area contributed by atoms with Crippen molar-refractivity contribution >= 4 is 6.21 Å². The fraction of sp³-hybridized carbons (Fsp3) is 0.722. The number of aromatic nitrogens is 2. The number of nitrogens with one attached hydrogen (secondary N) is 1. The van der Waals surface area contributed by atoms with E-state index in [-0.39, 0.29) is 11.4 Å². The largest absolute Gasteiger partial charge is 0.494 e. The zero-order valence-corrected chi connectivity index (χ0v) is 15.6. The van der Waals surface area contributed by atoms with Crippen LogP contribution in [0.2, 0.25) is 0 Å². The molecule has 2 heterocycles. The molecule has 0 spiro atoms. The highest BCUT2D eigenvalue weighted by Gasteiger charge is 2.12. The first-order chi connectivity index (χ1) is 12.6. The molecule has 0 aliphatic carbocycles. The van der Waals surface area contributed by atoms with Gasteiger partial charge in [0.2, 0.25) is 5.88 Å². The van der Waals surface area contributed by atoms with E-state index in [1.54, 1.807) is 0 Å². The summed E-state index contributed by atoms with van der Waals surface area (Å²) in [6, 6.07) is 0. The van der Waals surface area contributed by atoms with Crippen LogP contribution in [0.5, 0.6) is 5.88 Å². The van der Waals surface area contributed by atoms with Crippen molar-refractivity contribution in [2.24, 2.45) is 4.99 Å². The van der Waals surface area contributed by atoms with Crippen LogP contribution in [0, 0.1) is 0 Å². The van der Waals surface area contributed by atoms with Crippen molar-refractivity contribution in [2.45, 2.75) is 45.6 Å². The van der Waals surface area contributed by atoms with Crippen molar-refractivity contribution in [2.75, 3.05) is 39.4 Å². The number of aromatic hydroxyl groups is 1. The lowest BCUT2D eigenvalue weighted by Crippen LogP contribution is -2.37. The maximum Gasteiger partial charge on any atom is 0.331 e. The minimum absolute atomic E-state index is 0.0477. The average Bonchev–Trinajstić information content (AvgIpc) is 2.64. The van der Waals surface area contributed by atoms with E-state index in [9.17, 15) is 14.7 Å². The van der Waals surface area contributed by atoms with Crippen molar-refractivity contribution in [3.05, 3.63) is 26.4 Å². The van der Waals surface area contributed by atoms with Crippen molar-refractivity contribution in [3.8, 4) is 5.88 Å². The van der Waals surface area contributed by atoms with Crippen molar-refractivity contribution in [3.63, 3.8) is 0 Å². The van der Waals surface area contributed by atoms with Crippen LogP contribution in [0.4, 0.5) is 0 Å². The van der Waals surface area contributed by atoms with Gasteiger partial charge in [0, 0.05) is 38.9 Å². The summed E-state index contributed by atoms with van der Waals surface area (Å²) in [7, 11) is 0. The molecule has 1 aromatic rings. The zero-order chi connectivity index (χ0) is 18.8. The van der Waals surface area contributed by atoms with Gasteiger partial charge in [0.25, 0.3) is 5.56 Å². The number of rotatable bonds is 10. The molecule has 0 bridgehead atoms. The molecule has 2 N–H and O–H groups in total. The summed E-state index contributed by atoms with van der Waals surface area (Å²) in [5.41, 5.74) is -1.13. The highest BCUT2D eigenvalue weighted by molar-refractivity contribution is 5.81. The Labute approximate surface area is 153 Å². The van der Waals surface area contributed by atoms with Gasteiger partial charge < -0.3 is 9.84 Å². The molecular formula is C18H30N4O4. The summed E-state index contributed by atoms with van der Waals surface area (Å²) in [5.74, 6) is -0.299. The summed E-state index contributed by atoms with van der Waals surface area (Å²) >= 11 is 0. The van der Waals surface area contributed by atoms with E-state index in [2.05, 4.69) is 21.8 Å². The summed E-state index contributed by atoms with van der Waals surface area (Å²) in [6.45, 7) is 7.40. The maximum absolute atomic E-state index is 12.0. The fourth-order valence-electron chi connectivity index (χ4n) is 2.96. The van der Waals surface area contributed by atoms with Crippen molar-refractivity contribution < 1.29 is 9.84 Å². The Morgan fingerprint density at radius 3 is 2.65 bits per heavy atom. The number of ether oxygens (including phenoxy) is 1. The van der Waals surface area contributed by atoms with Crippen LogP contribution in [0.3, 0.4) is 0 Å². The third-order valence-electron chi connectivity index (χ3n) is 4.53. The smallest absolute Gasteiger partial charge is 0.331 e. The van der Waals surface area contributed by atoms with Crippen LogP contribution in [0.15, 0.2) is 14.6 Å². The van der Waals surface area contributed by atoms with Gasteiger partial charge in [-0.1, -0.05) is 26.2 Å². The second-order valence-corrected chi connectivity index (χ2v) is 6.55. The van der Waals surface area contributed by atoms with E-state index >= 15 is 0 Å². The molecular weight excluding hydrogens is 336 g/mol. The minimum Gasteiger partial charge on any atom is -0.494 e. The van der Waals surface area contributed by atoms with Gasteiger partial charge in [0.1, 0.15) is 5.56 Å². The quantitative estimate of drug-likeness (QED) is 0.475. The third-order valence-corrected chi connectivity index (χ3v) is 4.53. The molecule has 146 valence electrons. The van der Waals surface area contributed by atoms with Gasteiger partial charge in [-0.25, -0.2) is 4.79 Å². The maximum atomic E-state index is 12.0. The number of H-pyrrole nitrogens is 1. The van der Waals surface area contributed by atoms with E-state index in [1.165, 1.54) is 10.8 Å². The topological polar surface area (TPSA) is 99.9 Å². The first-order valence-electron chi connectivity index (χ1n) is 9.49. The third kappa shape index (κ3) is 6.10. The van der Waals surface area contributed by atoms with Crippen LogP contribution in [-0.4, -0.2) is 65.2 Å². The summed E-state index contributed by atoms with van der Waals surface area (Å²) in [6.07, 6.45) is 6.17. The second kappa shape index (κ2) is 10.9. The monoisotopic (exact) mass is 366 g/mol. The predicted molar refractivity (Wildman–Crippen MR) is 101 cm³/mol. The molecule has 8 nitrogen and oxygen atoms in total. The number of morpholine rings is 1. The molecule has 1 aliphatic rings. The molecule has 2 rings (SSSR count). The van der Waals surface area contributed by atoms with Gasteiger partial charge >= 0.3 is 5.69 Å². The lowest BCUT2D eigenvalue weighted by molar-refractivity contribution is 0.0377. The summed E-state index contributed by atoms with van der Waals surface area (Å²) in [5, 5.41) is 10.3. The lowest BCUT2D eigenvalue weighted by Gasteiger charge is -2.26. The average molecular weight is 366 g/mol. The molecule has 0 amide bonds. The van der Waals surface area contributed by atoms with Crippen LogP contribution in [-0.2, 0) is 11.3 Å². The van der Waals surface area contributed by atoms with Crippen LogP contribution in [0.1, 0.15) is 44.6 Å². The first-order valence-corrected chi connectivity index (χ1v) is 9.49. The molecule has 8 heteroatoms. The van der Waals surface area contributed by atoms with Crippen molar-refractivity contribution in [1.82, 2.24) is 14.5 Å². The standard InChI is InChI=1S/C18H30N4O4/c1-2-3-4-5-9-22-17(24)15(16(23)20-18(22)25)14-19-7-6-8-21-10-12-26-13-11-21/h14,24H,2-13H2,1H3,(H,20,23,25). The normalized spacial score (nSPS) is 15.7. The number of aliphatic imine (C=N–C) groups is 1. The zero-order valence-electron chi connectivity index (χ0n) is 15.6. The van der Waals surface area contributed by atoms with Crippen molar-refractivity contribution in [1.29, 1.82) is 0 Å². The van der Waals surface area contributed by atoms with E-state index in [0.29, 0.717) is 13.1 Å². The lowest BCUT2D eigenvalue weighted by atomic mass is 10.2. The fourth-order valence-corrected chi connectivity index (χ4v) is 2.96. The number of hydrogen-bond acceptors (Lipinski definition) is 6. The van der Waals surface area contributed by atoms with E-state index in [4.69, 9.17) is 4.74 Å². The Kier molecular flexibility index (Phi) is 8.57. The Morgan fingerprint density at radius 1 is 1.15 bits per heavy atom. The summed E-state index contributed by atoms with van der Waals surface area (Å²) < 4.78 is 6.52. The molecule has 0 saturated carbocycles. The number of hydrogen-bond donors (Lipinski definition) is 2. The van der Waals surface area contributed by atoms with Crippen LogP contribution >= 0.6 is 0 Å². The molecule has 1 aromatic heterocycles. The number of aromatic amines is 1. The highest BCUT2D eigenvalue weighted by Crippen LogP contribution is 2.10. The van der Waals surface area contributed by atoms with Gasteiger partial charge in [-0.05, 0) is 12.8 Å². The highest BCUT2D eigenvalue weighted by atomic mass is 16.5. The molecule has 0 unspecified atom stereocenters. The second-order valence-electron chi connectivity index (χ2n) is 6.55. The number of nitrogens with zero attached hydrogens (tertiary/aromatic N) is 3. The Bertz CT molecular complexity index is 689. The first kappa shape index (κ1) is 20.4. The molecule has 1 saturated heterocycles.